The maximum absolute atomic E-state index is 12.9. The number of halogens is 4. The molecule has 0 saturated carbocycles. The van der Waals surface area contributed by atoms with Gasteiger partial charge in [-0.3, -0.25) is 9.53 Å². The summed E-state index contributed by atoms with van der Waals surface area (Å²) in [5, 5.41) is 8.90. The molecule has 106 valence electrons. The van der Waals surface area contributed by atoms with Crippen LogP contribution in [0.25, 0.3) is 0 Å². The smallest absolute Gasteiger partial charge is 0.481 e. The summed E-state index contributed by atoms with van der Waals surface area (Å²) in [6, 6.07) is 5.28. The SMILES string of the molecule is O=C(O)C(CCOC(F)(F)F)Cc1cccc(F)c1. The second kappa shape index (κ2) is 6.51. The summed E-state index contributed by atoms with van der Waals surface area (Å²) >= 11 is 0. The van der Waals surface area contributed by atoms with Gasteiger partial charge in [-0.15, -0.1) is 13.2 Å². The van der Waals surface area contributed by atoms with Gasteiger partial charge >= 0.3 is 12.3 Å². The summed E-state index contributed by atoms with van der Waals surface area (Å²) < 4.78 is 51.7. The molecule has 1 rings (SSSR count). The zero-order valence-corrected chi connectivity index (χ0v) is 9.78. The zero-order chi connectivity index (χ0) is 14.5. The third-order valence-corrected chi connectivity index (χ3v) is 2.45. The van der Waals surface area contributed by atoms with Crippen molar-refractivity contribution >= 4 is 5.97 Å². The number of carboxylic acids is 1. The summed E-state index contributed by atoms with van der Waals surface area (Å²) in [5.74, 6) is -2.81. The van der Waals surface area contributed by atoms with Crippen LogP contribution >= 0.6 is 0 Å². The number of alkyl halides is 3. The van der Waals surface area contributed by atoms with Crippen LogP contribution in [0.3, 0.4) is 0 Å². The van der Waals surface area contributed by atoms with Crippen LogP contribution in [-0.2, 0) is 16.0 Å². The molecule has 1 atom stereocenters. The summed E-state index contributed by atoms with van der Waals surface area (Å²) in [6.07, 6.45) is -5.12. The third-order valence-electron chi connectivity index (χ3n) is 2.45. The number of carbonyl (C=O) groups is 1. The fourth-order valence-electron chi connectivity index (χ4n) is 1.58. The van der Waals surface area contributed by atoms with Crippen LogP contribution in [0.15, 0.2) is 24.3 Å². The molecule has 0 aliphatic rings. The van der Waals surface area contributed by atoms with E-state index in [0.29, 0.717) is 5.56 Å². The number of rotatable bonds is 6. The Bertz CT molecular complexity index is 431. The van der Waals surface area contributed by atoms with Gasteiger partial charge in [0.25, 0.3) is 0 Å². The molecule has 7 heteroatoms. The predicted molar refractivity (Wildman–Crippen MR) is 57.9 cm³/mol. The van der Waals surface area contributed by atoms with Gasteiger partial charge in [0.2, 0.25) is 0 Å². The number of aliphatic carboxylic acids is 1. The van der Waals surface area contributed by atoms with E-state index in [4.69, 9.17) is 5.11 Å². The first-order valence-corrected chi connectivity index (χ1v) is 5.46. The highest BCUT2D eigenvalue weighted by molar-refractivity contribution is 5.70. The normalized spacial score (nSPS) is 13.3. The highest BCUT2D eigenvalue weighted by atomic mass is 19.4. The van der Waals surface area contributed by atoms with Gasteiger partial charge in [0.1, 0.15) is 5.82 Å². The Kier molecular flexibility index (Phi) is 5.29. The van der Waals surface area contributed by atoms with Gasteiger partial charge in [-0.05, 0) is 30.5 Å². The maximum atomic E-state index is 12.9. The van der Waals surface area contributed by atoms with Gasteiger partial charge < -0.3 is 5.11 Å². The lowest BCUT2D eigenvalue weighted by Crippen LogP contribution is -2.22. The van der Waals surface area contributed by atoms with Crippen molar-refractivity contribution in [1.82, 2.24) is 0 Å². The molecule has 0 aliphatic carbocycles. The van der Waals surface area contributed by atoms with E-state index < -0.39 is 30.7 Å². The van der Waals surface area contributed by atoms with E-state index in [1.165, 1.54) is 18.2 Å². The van der Waals surface area contributed by atoms with E-state index >= 15 is 0 Å². The molecule has 0 bridgehead atoms. The van der Waals surface area contributed by atoms with Crippen LogP contribution in [0.2, 0.25) is 0 Å². The summed E-state index contributed by atoms with van der Waals surface area (Å²) in [7, 11) is 0. The molecule has 0 heterocycles. The summed E-state index contributed by atoms with van der Waals surface area (Å²) in [4.78, 5) is 10.9. The Balaban J connectivity index is 2.56. The highest BCUT2D eigenvalue weighted by Crippen LogP contribution is 2.19. The number of hydrogen-bond donors (Lipinski definition) is 1. The van der Waals surface area contributed by atoms with Gasteiger partial charge in [-0.25, -0.2) is 4.39 Å². The van der Waals surface area contributed by atoms with Gasteiger partial charge in [-0.1, -0.05) is 12.1 Å². The van der Waals surface area contributed by atoms with Crippen molar-refractivity contribution < 1.29 is 32.2 Å². The molecule has 0 saturated heterocycles. The van der Waals surface area contributed by atoms with Crippen molar-refractivity contribution in [3.05, 3.63) is 35.6 Å². The van der Waals surface area contributed by atoms with Crippen molar-refractivity contribution in [2.24, 2.45) is 5.92 Å². The quantitative estimate of drug-likeness (QED) is 0.815. The average Bonchev–Trinajstić information content (AvgIpc) is 2.26. The van der Waals surface area contributed by atoms with Crippen molar-refractivity contribution in [1.29, 1.82) is 0 Å². The van der Waals surface area contributed by atoms with Crippen LogP contribution in [0.1, 0.15) is 12.0 Å². The largest absolute Gasteiger partial charge is 0.522 e. The molecule has 1 aromatic carbocycles. The lowest BCUT2D eigenvalue weighted by Gasteiger charge is -2.13. The Morgan fingerprint density at radius 1 is 1.37 bits per heavy atom. The van der Waals surface area contributed by atoms with E-state index in [1.54, 1.807) is 0 Å². The zero-order valence-electron chi connectivity index (χ0n) is 9.78. The number of ether oxygens (including phenoxy) is 1. The minimum Gasteiger partial charge on any atom is -0.481 e. The molecule has 0 spiro atoms. The topological polar surface area (TPSA) is 46.5 Å². The van der Waals surface area contributed by atoms with E-state index in [9.17, 15) is 22.4 Å². The third kappa shape index (κ3) is 6.19. The maximum Gasteiger partial charge on any atom is 0.522 e. The van der Waals surface area contributed by atoms with Gasteiger partial charge in [0.05, 0.1) is 12.5 Å². The Hall–Kier alpha value is -1.63. The molecule has 0 amide bonds. The van der Waals surface area contributed by atoms with E-state index in [0.717, 1.165) is 6.07 Å². The second-order valence-electron chi connectivity index (χ2n) is 3.95. The molecular formula is C12H12F4O3. The molecule has 3 nitrogen and oxygen atoms in total. The van der Waals surface area contributed by atoms with Crippen LogP contribution < -0.4 is 0 Å². The molecule has 0 radical (unpaired) electrons. The lowest BCUT2D eigenvalue weighted by atomic mass is 9.96. The molecule has 1 unspecified atom stereocenters. The average molecular weight is 280 g/mol. The predicted octanol–water partition coefficient (Wildman–Crippen LogP) is 3.00. The molecular weight excluding hydrogens is 268 g/mol. The van der Waals surface area contributed by atoms with E-state index in [-0.39, 0.29) is 12.8 Å². The molecule has 0 aromatic heterocycles. The van der Waals surface area contributed by atoms with Gasteiger partial charge in [-0.2, -0.15) is 0 Å². The fraction of sp³-hybridized carbons (Fsp3) is 0.417. The standard InChI is InChI=1S/C12H12F4O3/c13-10-3-1-2-8(7-10)6-9(11(17)18)4-5-19-12(14,15)16/h1-3,7,9H,4-6H2,(H,17,18). The monoisotopic (exact) mass is 280 g/mol. The van der Waals surface area contributed by atoms with Crippen LogP contribution in [0, 0.1) is 11.7 Å². The summed E-state index contributed by atoms with van der Waals surface area (Å²) in [5.41, 5.74) is 0.416. The van der Waals surface area contributed by atoms with E-state index in [1.807, 2.05) is 0 Å². The van der Waals surface area contributed by atoms with Gasteiger partial charge in [0, 0.05) is 0 Å². The van der Waals surface area contributed by atoms with Crippen LogP contribution in [0.4, 0.5) is 17.6 Å². The molecule has 0 aliphatic heterocycles. The Morgan fingerprint density at radius 3 is 2.58 bits per heavy atom. The van der Waals surface area contributed by atoms with Crippen molar-refractivity contribution in [2.45, 2.75) is 19.2 Å². The molecule has 0 fully saturated rings. The van der Waals surface area contributed by atoms with Crippen molar-refractivity contribution in [3.63, 3.8) is 0 Å². The Labute approximate surface area is 106 Å². The van der Waals surface area contributed by atoms with Crippen LogP contribution in [0.5, 0.6) is 0 Å². The van der Waals surface area contributed by atoms with Gasteiger partial charge in [0.15, 0.2) is 0 Å². The lowest BCUT2D eigenvalue weighted by molar-refractivity contribution is -0.325. The molecule has 1 N–H and O–H groups in total. The molecule has 1 aromatic rings. The number of benzene rings is 1. The van der Waals surface area contributed by atoms with Crippen molar-refractivity contribution in [3.8, 4) is 0 Å². The minimum absolute atomic E-state index is 0.0473. The first-order valence-electron chi connectivity index (χ1n) is 5.46. The Morgan fingerprint density at radius 2 is 2.05 bits per heavy atom. The second-order valence-corrected chi connectivity index (χ2v) is 3.95. The first kappa shape index (κ1) is 15.4. The van der Waals surface area contributed by atoms with Crippen molar-refractivity contribution in [2.75, 3.05) is 6.61 Å². The summed E-state index contributed by atoms with van der Waals surface area (Å²) in [6.45, 7) is -0.740. The number of carboxylic acid groups (broad SMARTS) is 1. The number of hydrogen-bond acceptors (Lipinski definition) is 2. The fourth-order valence-corrected chi connectivity index (χ4v) is 1.58. The minimum atomic E-state index is -4.78. The molecule has 19 heavy (non-hydrogen) atoms. The first-order chi connectivity index (χ1) is 8.78. The van der Waals surface area contributed by atoms with E-state index in [2.05, 4.69) is 4.74 Å². The highest BCUT2D eigenvalue weighted by Gasteiger charge is 2.30. The van der Waals surface area contributed by atoms with Crippen LogP contribution in [-0.4, -0.2) is 24.0 Å².